The summed E-state index contributed by atoms with van der Waals surface area (Å²) in [6.45, 7) is 11.3. The molecule has 5 unspecified atom stereocenters. The normalized spacial score (nSPS) is 39.5. The van der Waals surface area contributed by atoms with Crippen molar-refractivity contribution in [3.05, 3.63) is 77.4 Å². The van der Waals surface area contributed by atoms with Gasteiger partial charge in [-0.15, -0.1) is 0 Å². The van der Waals surface area contributed by atoms with Crippen molar-refractivity contribution in [2.75, 3.05) is 58.9 Å². The fourth-order valence-electron chi connectivity index (χ4n) is 13.3. The second-order valence-electron chi connectivity index (χ2n) is 17.6. The molecule has 3 aromatic rings. The lowest BCUT2D eigenvalue weighted by atomic mass is 9.44. The molecule has 2 bridgehead atoms. The second-order valence-corrected chi connectivity index (χ2v) is 17.6. The molecule has 1 aliphatic carbocycles. The number of likely N-dealkylation sites (N-methyl/N-ethyl adjacent to an activating group) is 1. The van der Waals surface area contributed by atoms with E-state index in [9.17, 15) is 15.0 Å². The molecular formula is C44H55N4O6. The number of piperidine rings is 1. The van der Waals surface area contributed by atoms with Crippen LogP contribution in [0.3, 0.4) is 0 Å². The zero-order valence-electron chi connectivity index (χ0n) is 32.7. The Morgan fingerprint density at radius 3 is 2.57 bits per heavy atom. The number of carbonyl (C=O) groups is 2. The molecule has 1 radical (unpaired) electrons. The molecule has 9 rings (SSSR count). The van der Waals surface area contributed by atoms with E-state index in [4.69, 9.17) is 9.47 Å². The van der Waals surface area contributed by atoms with E-state index in [1.807, 2.05) is 38.6 Å². The first kappa shape index (κ1) is 36.0. The lowest BCUT2D eigenvalue weighted by Gasteiger charge is -2.64. The molecule has 1 saturated carbocycles. The predicted octanol–water partition coefficient (Wildman–Crippen LogP) is 4.54. The molecule has 1 aromatic heterocycles. The Kier molecular flexibility index (Phi) is 7.93. The van der Waals surface area contributed by atoms with Crippen molar-refractivity contribution in [3.63, 3.8) is 0 Å². The first-order valence-corrected chi connectivity index (χ1v) is 19.8. The number of fused-ring (bicyclic) bond motifs is 6. The topological polar surface area (TPSA) is 119 Å². The molecular weight excluding hydrogens is 681 g/mol. The maximum absolute atomic E-state index is 15.2. The number of esters is 1. The fraction of sp³-hybridized carbons (Fsp3) is 0.568. The van der Waals surface area contributed by atoms with Gasteiger partial charge in [-0.05, 0) is 81.7 Å². The number of ether oxygens (including phenoxy) is 2. The number of para-hydroxylation sites is 1. The number of anilines is 1. The summed E-state index contributed by atoms with van der Waals surface area (Å²) in [7, 11) is 5.12. The van der Waals surface area contributed by atoms with Crippen molar-refractivity contribution in [2.45, 2.75) is 87.5 Å². The van der Waals surface area contributed by atoms with Crippen molar-refractivity contribution < 1.29 is 29.3 Å². The van der Waals surface area contributed by atoms with Gasteiger partial charge in [0.2, 0.25) is 0 Å². The number of nitrogens with one attached hydrogen (secondary N) is 1. The van der Waals surface area contributed by atoms with Crippen molar-refractivity contribution in [2.24, 2.45) is 17.3 Å². The van der Waals surface area contributed by atoms with Crippen LogP contribution in [-0.2, 0) is 31.6 Å². The van der Waals surface area contributed by atoms with Gasteiger partial charge in [0.25, 0.3) is 0 Å². The molecule has 3 N–H and O–H groups in total. The minimum Gasteiger partial charge on any atom is -0.496 e. The van der Waals surface area contributed by atoms with Crippen LogP contribution in [0.4, 0.5) is 5.69 Å². The fourth-order valence-corrected chi connectivity index (χ4v) is 13.3. The number of rotatable bonds is 5. The summed E-state index contributed by atoms with van der Waals surface area (Å²) in [5.41, 5.74) is 0.348. The van der Waals surface area contributed by atoms with Crippen molar-refractivity contribution in [1.29, 1.82) is 0 Å². The number of hydrogen-bond acceptors (Lipinski definition) is 9. The molecule has 6 heterocycles. The van der Waals surface area contributed by atoms with Crippen LogP contribution in [0.15, 0.2) is 48.6 Å². The summed E-state index contributed by atoms with van der Waals surface area (Å²) in [5, 5.41) is 25.7. The highest BCUT2D eigenvalue weighted by Crippen LogP contribution is 2.69. The summed E-state index contributed by atoms with van der Waals surface area (Å²) < 4.78 is 12.3. The Hall–Kier alpha value is -3.70. The van der Waals surface area contributed by atoms with Gasteiger partial charge in [-0.3, -0.25) is 19.4 Å². The van der Waals surface area contributed by atoms with Crippen molar-refractivity contribution >= 4 is 28.3 Å². The van der Waals surface area contributed by atoms with E-state index in [1.165, 1.54) is 7.11 Å². The Labute approximate surface area is 318 Å². The molecule has 10 nitrogen and oxygen atoms in total. The Balaban J connectivity index is 1.37. The van der Waals surface area contributed by atoms with Crippen LogP contribution >= 0.6 is 0 Å². The predicted molar refractivity (Wildman–Crippen MR) is 208 cm³/mol. The van der Waals surface area contributed by atoms with E-state index in [1.54, 1.807) is 14.0 Å². The number of carbonyl (C=O) groups excluding carboxylic acids is 2. The first-order chi connectivity index (χ1) is 25.7. The highest BCUT2D eigenvalue weighted by atomic mass is 16.5. The van der Waals surface area contributed by atoms with Gasteiger partial charge in [0.05, 0.1) is 25.9 Å². The number of nitrogens with zero attached hydrogens (tertiary/aromatic N) is 3. The highest BCUT2D eigenvalue weighted by Gasteiger charge is 2.77. The number of hydrogen-bond donors (Lipinski definition) is 3. The number of benzene rings is 2. The van der Waals surface area contributed by atoms with Crippen LogP contribution in [0, 0.1) is 23.7 Å². The van der Waals surface area contributed by atoms with Gasteiger partial charge in [-0.2, -0.15) is 0 Å². The molecule has 54 heavy (non-hydrogen) atoms. The molecule has 2 saturated heterocycles. The second kappa shape index (κ2) is 11.9. The standard InChI is InChI=1S/C44H55N4O6/c1-8-41-15-11-17-48-19-16-42(37(41)48)31-20-32(35(53-6)21-34(31)46(5)38(42)44(52,26(41)2)27(3)49)43(39(50)54-7)23-28-22-40(4,51)25-47(24-28)18-14-30-29-12-9-10-13-33(29)45-36(30)43/h9-13,15,20-22,26,28,37-38,45,51-52H,8,14,16-19,23-25H2,1-7H3/t26-,28?,37?,38?,40+,41+,42?,43+,44+/m1/s1. The number of Topliss-reactive ketones (excluding diaryl/α,β-unsaturated/α-hetero) is 1. The molecule has 287 valence electrons. The van der Waals surface area contributed by atoms with Crippen molar-refractivity contribution in [3.8, 4) is 5.75 Å². The zero-order chi connectivity index (χ0) is 38.2. The van der Waals surface area contributed by atoms with E-state index in [2.05, 4.69) is 63.9 Å². The summed E-state index contributed by atoms with van der Waals surface area (Å²) in [6, 6.07) is 12.0. The van der Waals surface area contributed by atoms with Crippen LogP contribution in [-0.4, -0.2) is 114 Å². The number of methoxy groups -OCH3 is 2. The number of ketones is 1. The lowest BCUT2D eigenvalue weighted by molar-refractivity contribution is -0.174. The van der Waals surface area contributed by atoms with E-state index >= 15 is 4.79 Å². The summed E-state index contributed by atoms with van der Waals surface area (Å²) in [5.74, 6) is -0.565. The van der Waals surface area contributed by atoms with Gasteiger partial charge in [-0.1, -0.05) is 44.2 Å². The van der Waals surface area contributed by atoms with Crippen LogP contribution in [0.5, 0.6) is 5.75 Å². The largest absolute Gasteiger partial charge is 0.496 e. The van der Waals surface area contributed by atoms with E-state index in [0.717, 1.165) is 65.9 Å². The highest BCUT2D eigenvalue weighted by molar-refractivity contribution is 5.95. The van der Waals surface area contributed by atoms with Crippen LogP contribution < -0.4 is 9.64 Å². The molecule has 0 amide bonds. The smallest absolute Gasteiger partial charge is 0.322 e. The van der Waals surface area contributed by atoms with Crippen LogP contribution in [0.25, 0.3) is 10.9 Å². The summed E-state index contributed by atoms with van der Waals surface area (Å²) >= 11 is 0. The van der Waals surface area contributed by atoms with Gasteiger partial charge in [0.1, 0.15) is 16.8 Å². The SMILES string of the molecule is CC[C@]12C=CCN3CCC4(c5cc([C@@]6(C(=O)OC)CC7[CH][C@](C)(O)CN(CCc8c6[nH]c6ccccc86)C7)c(OC)cc5N(C)C4[C@@](O)(C(C)=O)[C@@H]1C)C32. The number of aromatic amines is 1. The molecule has 10 heteroatoms. The lowest BCUT2D eigenvalue weighted by Crippen LogP contribution is -2.77. The number of aliphatic hydroxyl groups is 2. The zero-order valence-corrected chi connectivity index (χ0v) is 32.7. The number of H-pyrrole nitrogens is 1. The van der Waals surface area contributed by atoms with E-state index in [0.29, 0.717) is 37.2 Å². The van der Waals surface area contributed by atoms with Crippen molar-refractivity contribution in [1.82, 2.24) is 14.8 Å². The molecule has 2 aromatic carbocycles. The molecule has 6 aliphatic rings. The van der Waals surface area contributed by atoms with Gasteiger partial charge in [-0.25, -0.2) is 0 Å². The van der Waals surface area contributed by atoms with E-state index in [-0.39, 0.29) is 23.7 Å². The molecule has 5 aliphatic heterocycles. The third kappa shape index (κ3) is 4.37. The minimum atomic E-state index is -1.64. The monoisotopic (exact) mass is 735 g/mol. The van der Waals surface area contributed by atoms with E-state index < -0.39 is 39.5 Å². The molecule has 1 spiro atoms. The Morgan fingerprint density at radius 1 is 1.07 bits per heavy atom. The van der Waals surface area contributed by atoms with Gasteiger partial charge >= 0.3 is 5.97 Å². The van der Waals surface area contributed by atoms with Gasteiger partial charge < -0.3 is 29.6 Å². The number of aromatic nitrogens is 1. The van der Waals surface area contributed by atoms with Crippen LogP contribution in [0.2, 0.25) is 0 Å². The summed E-state index contributed by atoms with van der Waals surface area (Å²) in [6.07, 6.45) is 9.11. The average molecular weight is 736 g/mol. The van der Waals surface area contributed by atoms with Gasteiger partial charge in [0.15, 0.2) is 5.78 Å². The Morgan fingerprint density at radius 2 is 1.85 bits per heavy atom. The van der Waals surface area contributed by atoms with Gasteiger partial charge in [0, 0.05) is 89.9 Å². The third-order valence-corrected chi connectivity index (χ3v) is 15.2. The minimum absolute atomic E-state index is 0.0261. The first-order valence-electron chi connectivity index (χ1n) is 19.8. The van der Waals surface area contributed by atoms with Crippen LogP contribution in [0.1, 0.15) is 69.3 Å². The average Bonchev–Trinajstić information content (AvgIpc) is 3.81. The summed E-state index contributed by atoms with van der Waals surface area (Å²) in [4.78, 5) is 40.0. The quantitative estimate of drug-likeness (QED) is 0.257. The molecule has 3 fully saturated rings. The molecule has 10 atom stereocenters. The maximum Gasteiger partial charge on any atom is 0.322 e. The Bertz CT molecular complexity index is 2090. The third-order valence-electron chi connectivity index (χ3n) is 15.2. The maximum atomic E-state index is 15.2.